The predicted octanol–water partition coefficient (Wildman–Crippen LogP) is 4.26. The van der Waals surface area contributed by atoms with Crippen LogP contribution in [0.3, 0.4) is 0 Å². The van der Waals surface area contributed by atoms with Crippen molar-refractivity contribution in [2.45, 2.75) is 13.0 Å². The number of aryl methyl sites for hydroxylation is 1. The van der Waals surface area contributed by atoms with Crippen LogP contribution in [0.1, 0.15) is 17.7 Å². The molecule has 0 aliphatic heterocycles. The molecule has 3 rings (SSSR count). The fourth-order valence-corrected chi connectivity index (χ4v) is 3.03. The lowest BCUT2D eigenvalue weighted by molar-refractivity contribution is 0.280. The van der Waals surface area contributed by atoms with Gasteiger partial charge in [0.1, 0.15) is 0 Å². The number of rotatable bonds is 5. The Morgan fingerprint density at radius 2 is 2.05 bits per heavy atom. The molecule has 20 heavy (non-hydrogen) atoms. The molecule has 2 heterocycles. The Morgan fingerprint density at radius 3 is 2.85 bits per heavy atom. The number of aliphatic hydroxyl groups is 1. The van der Waals surface area contributed by atoms with Crippen LogP contribution in [0.15, 0.2) is 47.2 Å². The van der Waals surface area contributed by atoms with Crippen LogP contribution in [0, 0.1) is 0 Å². The van der Waals surface area contributed by atoms with Crippen molar-refractivity contribution in [3.63, 3.8) is 0 Å². The highest BCUT2D eigenvalue weighted by Crippen LogP contribution is 2.22. The lowest BCUT2D eigenvalue weighted by atomic mass is 10.2. The first-order valence-corrected chi connectivity index (χ1v) is 7.72. The standard InChI is InChI=1S/C17H17NOS/c19-10-3-9-18-16(7-6-14-8-11-20-13-14)12-15-4-1-2-5-17(15)18/h1-2,4-8,11-13,19H,3,9-10H2/b7-6+. The van der Waals surface area contributed by atoms with Gasteiger partial charge < -0.3 is 9.67 Å². The van der Waals surface area contributed by atoms with Gasteiger partial charge in [-0.25, -0.2) is 0 Å². The second-order valence-electron chi connectivity index (χ2n) is 4.75. The molecule has 0 bridgehead atoms. The van der Waals surface area contributed by atoms with Crippen molar-refractivity contribution >= 4 is 34.4 Å². The summed E-state index contributed by atoms with van der Waals surface area (Å²) < 4.78 is 2.27. The summed E-state index contributed by atoms with van der Waals surface area (Å²) in [4.78, 5) is 0. The molecule has 0 aliphatic rings. The molecule has 0 fully saturated rings. The summed E-state index contributed by atoms with van der Waals surface area (Å²) in [7, 11) is 0. The number of para-hydroxylation sites is 1. The minimum atomic E-state index is 0.222. The van der Waals surface area contributed by atoms with Crippen LogP contribution < -0.4 is 0 Å². The quantitative estimate of drug-likeness (QED) is 0.744. The highest BCUT2D eigenvalue weighted by atomic mass is 32.1. The minimum Gasteiger partial charge on any atom is -0.396 e. The summed E-state index contributed by atoms with van der Waals surface area (Å²) in [6, 6.07) is 12.7. The molecule has 2 aromatic heterocycles. The maximum atomic E-state index is 9.08. The molecule has 2 nitrogen and oxygen atoms in total. The third-order valence-corrected chi connectivity index (χ3v) is 4.07. The Bertz CT molecular complexity index is 710. The normalized spacial score (nSPS) is 11.7. The van der Waals surface area contributed by atoms with Crippen LogP contribution in [-0.2, 0) is 6.54 Å². The number of aromatic nitrogens is 1. The molecule has 0 spiro atoms. The van der Waals surface area contributed by atoms with Gasteiger partial charge in [0.05, 0.1) is 0 Å². The Balaban J connectivity index is 2.00. The van der Waals surface area contributed by atoms with E-state index in [9.17, 15) is 0 Å². The highest BCUT2D eigenvalue weighted by molar-refractivity contribution is 7.08. The Labute approximate surface area is 122 Å². The van der Waals surface area contributed by atoms with Crippen LogP contribution in [0.25, 0.3) is 23.1 Å². The fraction of sp³-hybridized carbons (Fsp3) is 0.176. The first kappa shape index (κ1) is 13.2. The molecule has 1 aromatic carbocycles. The molecule has 0 atom stereocenters. The maximum Gasteiger partial charge on any atom is 0.0485 e. The smallest absolute Gasteiger partial charge is 0.0485 e. The second-order valence-corrected chi connectivity index (χ2v) is 5.53. The molecule has 0 amide bonds. The zero-order valence-corrected chi connectivity index (χ0v) is 12.0. The van der Waals surface area contributed by atoms with Gasteiger partial charge in [0.25, 0.3) is 0 Å². The third-order valence-electron chi connectivity index (χ3n) is 3.37. The molecule has 0 aliphatic carbocycles. The molecule has 3 heteroatoms. The first-order valence-electron chi connectivity index (χ1n) is 6.78. The van der Waals surface area contributed by atoms with E-state index >= 15 is 0 Å². The minimum absolute atomic E-state index is 0.222. The summed E-state index contributed by atoms with van der Waals surface area (Å²) in [5.74, 6) is 0. The third kappa shape index (κ3) is 2.69. The summed E-state index contributed by atoms with van der Waals surface area (Å²) >= 11 is 1.71. The summed E-state index contributed by atoms with van der Waals surface area (Å²) in [5, 5.41) is 14.5. The molecule has 3 aromatic rings. The Hall–Kier alpha value is -1.84. The van der Waals surface area contributed by atoms with Gasteiger partial charge in [-0.1, -0.05) is 24.3 Å². The largest absolute Gasteiger partial charge is 0.396 e. The monoisotopic (exact) mass is 283 g/mol. The SMILES string of the molecule is OCCCn1c(/C=C/c2ccsc2)cc2ccccc21. The van der Waals surface area contributed by atoms with Gasteiger partial charge in [-0.3, -0.25) is 0 Å². The van der Waals surface area contributed by atoms with E-state index in [0.717, 1.165) is 13.0 Å². The van der Waals surface area contributed by atoms with Crippen LogP contribution in [0.2, 0.25) is 0 Å². The van der Waals surface area contributed by atoms with Crippen LogP contribution in [0.5, 0.6) is 0 Å². The molecule has 0 saturated heterocycles. The van der Waals surface area contributed by atoms with Gasteiger partial charge in [-0.15, -0.1) is 0 Å². The molecule has 0 radical (unpaired) electrons. The van der Waals surface area contributed by atoms with E-state index in [4.69, 9.17) is 5.11 Å². The van der Waals surface area contributed by atoms with E-state index in [1.54, 1.807) is 11.3 Å². The van der Waals surface area contributed by atoms with Crippen molar-refractivity contribution in [2.24, 2.45) is 0 Å². The average Bonchev–Trinajstić information content (AvgIpc) is 3.10. The van der Waals surface area contributed by atoms with Crippen LogP contribution in [-0.4, -0.2) is 16.3 Å². The Morgan fingerprint density at radius 1 is 1.15 bits per heavy atom. The molecule has 0 saturated carbocycles. The van der Waals surface area contributed by atoms with Gasteiger partial charge in [-0.05, 0) is 47.0 Å². The number of aliphatic hydroxyl groups excluding tert-OH is 1. The molecule has 1 N–H and O–H groups in total. The summed E-state index contributed by atoms with van der Waals surface area (Å²) in [5.41, 5.74) is 3.64. The average molecular weight is 283 g/mol. The van der Waals surface area contributed by atoms with Crippen molar-refractivity contribution in [3.05, 3.63) is 58.4 Å². The van der Waals surface area contributed by atoms with E-state index in [1.165, 1.54) is 22.2 Å². The fourth-order valence-electron chi connectivity index (χ4n) is 2.40. The maximum absolute atomic E-state index is 9.08. The van der Waals surface area contributed by atoms with Crippen LogP contribution in [0.4, 0.5) is 0 Å². The number of benzene rings is 1. The van der Waals surface area contributed by atoms with Gasteiger partial charge in [-0.2, -0.15) is 11.3 Å². The van der Waals surface area contributed by atoms with Crippen molar-refractivity contribution in [2.75, 3.05) is 6.61 Å². The number of hydrogen-bond donors (Lipinski definition) is 1. The van der Waals surface area contributed by atoms with E-state index in [0.29, 0.717) is 0 Å². The second kappa shape index (κ2) is 6.07. The lowest BCUT2D eigenvalue weighted by Crippen LogP contribution is -2.01. The first-order chi connectivity index (χ1) is 9.88. The number of hydrogen-bond acceptors (Lipinski definition) is 2. The Kier molecular flexibility index (Phi) is 4.00. The number of nitrogens with zero attached hydrogens (tertiary/aromatic N) is 1. The van der Waals surface area contributed by atoms with Gasteiger partial charge in [0, 0.05) is 29.7 Å². The molecule has 0 unspecified atom stereocenters. The van der Waals surface area contributed by atoms with Gasteiger partial charge >= 0.3 is 0 Å². The van der Waals surface area contributed by atoms with Gasteiger partial charge in [0.15, 0.2) is 0 Å². The predicted molar refractivity (Wildman–Crippen MR) is 86.9 cm³/mol. The van der Waals surface area contributed by atoms with E-state index in [1.807, 2.05) is 0 Å². The van der Waals surface area contributed by atoms with Crippen molar-refractivity contribution < 1.29 is 5.11 Å². The number of fused-ring (bicyclic) bond motifs is 1. The highest BCUT2D eigenvalue weighted by Gasteiger charge is 2.05. The van der Waals surface area contributed by atoms with Crippen molar-refractivity contribution in [1.82, 2.24) is 4.57 Å². The zero-order valence-electron chi connectivity index (χ0n) is 11.2. The van der Waals surface area contributed by atoms with Gasteiger partial charge in [0.2, 0.25) is 0 Å². The molecular weight excluding hydrogens is 266 g/mol. The molecular formula is C17H17NOS. The topological polar surface area (TPSA) is 25.2 Å². The van der Waals surface area contributed by atoms with Crippen LogP contribution >= 0.6 is 11.3 Å². The summed E-state index contributed by atoms with van der Waals surface area (Å²) in [6.07, 6.45) is 5.07. The van der Waals surface area contributed by atoms with E-state index in [2.05, 4.69) is 63.9 Å². The zero-order chi connectivity index (χ0) is 13.8. The van der Waals surface area contributed by atoms with Crippen molar-refractivity contribution in [3.8, 4) is 0 Å². The molecule has 102 valence electrons. The van der Waals surface area contributed by atoms with E-state index in [-0.39, 0.29) is 6.61 Å². The lowest BCUT2D eigenvalue weighted by Gasteiger charge is -2.07. The van der Waals surface area contributed by atoms with E-state index < -0.39 is 0 Å². The van der Waals surface area contributed by atoms with Crippen molar-refractivity contribution in [1.29, 1.82) is 0 Å². The summed E-state index contributed by atoms with van der Waals surface area (Å²) in [6.45, 7) is 1.06. The number of thiophene rings is 1.